The number of aromatic nitrogens is 1. The minimum Gasteiger partial charge on any atom is -0.384 e. The number of rotatable bonds is 3. The third-order valence-corrected chi connectivity index (χ3v) is 3.95. The van der Waals surface area contributed by atoms with E-state index in [4.69, 9.17) is 5.73 Å². The van der Waals surface area contributed by atoms with Crippen LogP contribution in [-0.2, 0) is 6.42 Å². The first-order valence-corrected chi connectivity index (χ1v) is 7.17. The molecule has 1 fully saturated rings. The number of hydrogen-bond donors (Lipinski definition) is 2. The maximum atomic E-state index is 12.3. The minimum absolute atomic E-state index is 0.0254. The number of anilines is 1. The number of nitrogen functional groups attached to an aromatic ring is 1. The van der Waals surface area contributed by atoms with Crippen LogP contribution >= 0.6 is 0 Å². The van der Waals surface area contributed by atoms with Crippen LogP contribution in [0.2, 0.25) is 0 Å². The predicted molar refractivity (Wildman–Crippen MR) is 76.9 cm³/mol. The van der Waals surface area contributed by atoms with Gasteiger partial charge in [-0.05, 0) is 37.3 Å². The van der Waals surface area contributed by atoms with Crippen molar-refractivity contribution in [3.8, 4) is 0 Å². The van der Waals surface area contributed by atoms with E-state index in [9.17, 15) is 4.79 Å². The molecule has 0 radical (unpaired) electrons. The van der Waals surface area contributed by atoms with Crippen LogP contribution in [0.3, 0.4) is 0 Å². The average molecular weight is 261 g/mol. The van der Waals surface area contributed by atoms with Crippen molar-refractivity contribution in [1.29, 1.82) is 0 Å². The molecule has 0 bridgehead atoms. The fraction of sp³-hybridized carbons (Fsp3) is 0.600. The van der Waals surface area contributed by atoms with Gasteiger partial charge in [-0.15, -0.1) is 0 Å². The average Bonchev–Trinajstić information content (AvgIpc) is 2.40. The standard InChI is InChI=1S/C15H23N3O/c1-3-12-8-11(9-14(16)17-12)15(19)18-13-7-5-4-6-10(13)2/h8-10,13H,3-7H2,1-2H3,(H2,16,17)(H,18,19). The lowest BCUT2D eigenvalue weighted by atomic mass is 9.86. The van der Waals surface area contributed by atoms with Gasteiger partial charge in [-0.3, -0.25) is 4.79 Å². The molecule has 2 atom stereocenters. The van der Waals surface area contributed by atoms with Crippen LogP contribution in [0.25, 0.3) is 0 Å². The van der Waals surface area contributed by atoms with E-state index in [0.717, 1.165) is 18.5 Å². The Hall–Kier alpha value is -1.58. The number of hydrogen-bond acceptors (Lipinski definition) is 3. The fourth-order valence-corrected chi connectivity index (χ4v) is 2.71. The summed E-state index contributed by atoms with van der Waals surface area (Å²) < 4.78 is 0. The monoisotopic (exact) mass is 261 g/mol. The quantitative estimate of drug-likeness (QED) is 0.878. The second-order valence-electron chi connectivity index (χ2n) is 5.47. The molecule has 1 amide bonds. The molecular formula is C15H23N3O. The van der Waals surface area contributed by atoms with E-state index in [1.165, 1.54) is 19.3 Å². The molecule has 4 nitrogen and oxygen atoms in total. The Kier molecular flexibility index (Phi) is 4.40. The van der Waals surface area contributed by atoms with Crippen molar-refractivity contribution in [3.05, 3.63) is 23.4 Å². The van der Waals surface area contributed by atoms with Crippen LogP contribution in [0.1, 0.15) is 55.6 Å². The number of nitrogens with two attached hydrogens (primary N) is 1. The summed E-state index contributed by atoms with van der Waals surface area (Å²) in [7, 11) is 0. The van der Waals surface area contributed by atoms with Gasteiger partial charge in [0.2, 0.25) is 0 Å². The van der Waals surface area contributed by atoms with Gasteiger partial charge in [-0.1, -0.05) is 26.7 Å². The molecule has 0 spiro atoms. The van der Waals surface area contributed by atoms with Gasteiger partial charge in [0.05, 0.1) is 0 Å². The molecule has 0 aromatic carbocycles. The van der Waals surface area contributed by atoms with E-state index in [2.05, 4.69) is 17.2 Å². The van der Waals surface area contributed by atoms with Crippen molar-refractivity contribution in [2.75, 3.05) is 5.73 Å². The Morgan fingerprint density at radius 2 is 2.16 bits per heavy atom. The van der Waals surface area contributed by atoms with Gasteiger partial charge in [0.1, 0.15) is 5.82 Å². The van der Waals surface area contributed by atoms with Crippen LogP contribution in [0.5, 0.6) is 0 Å². The number of pyridine rings is 1. The first-order valence-electron chi connectivity index (χ1n) is 7.17. The first-order chi connectivity index (χ1) is 9.10. The molecule has 1 saturated carbocycles. The maximum Gasteiger partial charge on any atom is 0.251 e. The summed E-state index contributed by atoms with van der Waals surface area (Å²) in [5, 5.41) is 3.14. The third kappa shape index (κ3) is 3.46. The Balaban J connectivity index is 2.08. The number of nitrogens with one attached hydrogen (secondary N) is 1. The van der Waals surface area contributed by atoms with Crippen molar-refractivity contribution >= 4 is 11.7 Å². The second kappa shape index (κ2) is 6.04. The molecular weight excluding hydrogens is 238 g/mol. The smallest absolute Gasteiger partial charge is 0.251 e. The van der Waals surface area contributed by atoms with Crippen molar-refractivity contribution in [3.63, 3.8) is 0 Å². The lowest BCUT2D eigenvalue weighted by Crippen LogP contribution is -2.41. The Morgan fingerprint density at radius 1 is 1.42 bits per heavy atom. The van der Waals surface area contributed by atoms with Gasteiger partial charge in [-0.2, -0.15) is 0 Å². The van der Waals surface area contributed by atoms with Gasteiger partial charge in [0, 0.05) is 17.3 Å². The molecule has 1 heterocycles. The Morgan fingerprint density at radius 3 is 2.84 bits per heavy atom. The predicted octanol–water partition coefficient (Wildman–Crippen LogP) is 2.53. The van der Waals surface area contributed by atoms with E-state index in [1.807, 2.05) is 13.0 Å². The number of aryl methyl sites for hydroxylation is 1. The van der Waals surface area contributed by atoms with Gasteiger partial charge in [-0.25, -0.2) is 4.98 Å². The summed E-state index contributed by atoms with van der Waals surface area (Å²) in [6.45, 7) is 4.22. The lowest BCUT2D eigenvalue weighted by molar-refractivity contribution is 0.0910. The molecule has 4 heteroatoms. The van der Waals surface area contributed by atoms with Crippen molar-refractivity contribution in [2.24, 2.45) is 5.92 Å². The zero-order valence-electron chi connectivity index (χ0n) is 11.8. The van der Waals surface area contributed by atoms with Gasteiger partial charge in [0.25, 0.3) is 5.91 Å². The fourth-order valence-electron chi connectivity index (χ4n) is 2.71. The van der Waals surface area contributed by atoms with E-state index >= 15 is 0 Å². The molecule has 1 aromatic rings. The molecule has 2 unspecified atom stereocenters. The highest BCUT2D eigenvalue weighted by Crippen LogP contribution is 2.24. The number of nitrogens with zero attached hydrogens (tertiary/aromatic N) is 1. The van der Waals surface area contributed by atoms with E-state index < -0.39 is 0 Å². The Labute approximate surface area is 114 Å². The Bertz CT molecular complexity index is 459. The van der Waals surface area contributed by atoms with E-state index in [1.54, 1.807) is 6.07 Å². The number of amides is 1. The van der Waals surface area contributed by atoms with Crippen molar-refractivity contribution < 1.29 is 4.79 Å². The molecule has 1 aliphatic carbocycles. The minimum atomic E-state index is -0.0254. The summed E-state index contributed by atoms with van der Waals surface area (Å²) in [6, 6.07) is 3.78. The third-order valence-electron chi connectivity index (χ3n) is 3.95. The molecule has 104 valence electrons. The first kappa shape index (κ1) is 13.8. The zero-order valence-corrected chi connectivity index (χ0v) is 11.8. The summed E-state index contributed by atoms with van der Waals surface area (Å²) >= 11 is 0. The SMILES string of the molecule is CCc1cc(C(=O)NC2CCCCC2C)cc(N)n1. The van der Waals surface area contributed by atoms with Crippen LogP contribution < -0.4 is 11.1 Å². The number of carbonyl (C=O) groups is 1. The summed E-state index contributed by atoms with van der Waals surface area (Å²) in [5.74, 6) is 0.950. The zero-order chi connectivity index (χ0) is 13.8. The highest BCUT2D eigenvalue weighted by molar-refractivity contribution is 5.95. The number of carbonyl (C=O) groups excluding carboxylic acids is 1. The molecule has 0 saturated heterocycles. The van der Waals surface area contributed by atoms with Crippen LogP contribution in [0.15, 0.2) is 12.1 Å². The largest absolute Gasteiger partial charge is 0.384 e. The molecule has 1 aromatic heterocycles. The lowest BCUT2D eigenvalue weighted by Gasteiger charge is -2.29. The maximum absolute atomic E-state index is 12.3. The van der Waals surface area contributed by atoms with Crippen molar-refractivity contribution in [1.82, 2.24) is 10.3 Å². The molecule has 2 rings (SSSR count). The van der Waals surface area contributed by atoms with Crippen molar-refractivity contribution in [2.45, 2.75) is 52.0 Å². The van der Waals surface area contributed by atoms with Gasteiger partial charge >= 0.3 is 0 Å². The van der Waals surface area contributed by atoms with Gasteiger partial charge in [0.15, 0.2) is 0 Å². The van der Waals surface area contributed by atoms with Crippen LogP contribution in [0.4, 0.5) is 5.82 Å². The molecule has 0 aliphatic heterocycles. The van der Waals surface area contributed by atoms with Crippen LogP contribution in [0, 0.1) is 5.92 Å². The highest BCUT2D eigenvalue weighted by atomic mass is 16.1. The van der Waals surface area contributed by atoms with Gasteiger partial charge < -0.3 is 11.1 Å². The molecule has 3 N–H and O–H groups in total. The topological polar surface area (TPSA) is 68.0 Å². The highest BCUT2D eigenvalue weighted by Gasteiger charge is 2.23. The van der Waals surface area contributed by atoms with Crippen LogP contribution in [-0.4, -0.2) is 16.9 Å². The summed E-state index contributed by atoms with van der Waals surface area (Å²) in [4.78, 5) is 16.5. The normalized spacial score (nSPS) is 23.1. The molecule has 1 aliphatic rings. The van der Waals surface area contributed by atoms with E-state index in [0.29, 0.717) is 23.3 Å². The molecule has 19 heavy (non-hydrogen) atoms. The summed E-state index contributed by atoms with van der Waals surface area (Å²) in [5.41, 5.74) is 7.23. The second-order valence-corrected chi connectivity index (χ2v) is 5.47. The van der Waals surface area contributed by atoms with E-state index in [-0.39, 0.29) is 5.91 Å². The summed E-state index contributed by atoms with van der Waals surface area (Å²) in [6.07, 6.45) is 5.53.